The van der Waals surface area contributed by atoms with Crippen molar-refractivity contribution < 1.29 is 0 Å². The van der Waals surface area contributed by atoms with Gasteiger partial charge < -0.3 is 10.6 Å². The number of anilines is 1. The lowest BCUT2D eigenvalue weighted by Gasteiger charge is -2.25. The molecule has 0 bridgehead atoms. The highest BCUT2D eigenvalue weighted by atomic mass is 15.1. The molecule has 0 fully saturated rings. The summed E-state index contributed by atoms with van der Waals surface area (Å²) in [5, 5.41) is 7.67. The number of amidine groups is 1. The quantitative estimate of drug-likeness (QED) is 0.619. The van der Waals surface area contributed by atoms with E-state index in [4.69, 9.17) is 11.1 Å². The van der Waals surface area contributed by atoms with Crippen molar-refractivity contribution in [3.63, 3.8) is 0 Å². The predicted octanol–water partition coefficient (Wildman–Crippen LogP) is 2.07. The van der Waals surface area contributed by atoms with Crippen LogP contribution in [0.4, 0.5) is 5.69 Å². The number of hydrogen-bond acceptors (Lipinski definition) is 3. The third-order valence-electron chi connectivity index (χ3n) is 2.63. The number of rotatable bonds is 4. The molecule has 0 unspecified atom stereocenters. The summed E-state index contributed by atoms with van der Waals surface area (Å²) >= 11 is 0. The molecule has 4 nitrogen and oxygen atoms in total. The van der Waals surface area contributed by atoms with Crippen molar-refractivity contribution in [1.82, 2.24) is 4.98 Å². The first-order valence-corrected chi connectivity index (χ1v) is 5.86. The van der Waals surface area contributed by atoms with Gasteiger partial charge >= 0.3 is 0 Å². The van der Waals surface area contributed by atoms with Crippen LogP contribution in [-0.4, -0.2) is 24.4 Å². The fourth-order valence-corrected chi connectivity index (χ4v) is 2.09. The van der Waals surface area contributed by atoms with E-state index in [1.807, 2.05) is 27.0 Å². The molecular weight excluding hydrogens is 212 g/mol. The number of hydrogen-bond donors (Lipinski definition) is 2. The second-order valence-corrected chi connectivity index (χ2v) is 4.93. The SMILES string of the molecule is Cc1cc(N(C)CC(C)C)c(C(=N)N)c(C)n1. The van der Waals surface area contributed by atoms with E-state index in [-0.39, 0.29) is 5.84 Å². The van der Waals surface area contributed by atoms with Crippen LogP contribution in [0.2, 0.25) is 0 Å². The molecule has 0 aromatic carbocycles. The first-order chi connectivity index (χ1) is 7.82. The van der Waals surface area contributed by atoms with Crippen LogP contribution in [0.3, 0.4) is 0 Å². The average Bonchev–Trinajstić information content (AvgIpc) is 2.14. The zero-order chi connectivity index (χ0) is 13.2. The molecule has 1 heterocycles. The number of pyridine rings is 1. The van der Waals surface area contributed by atoms with Crippen LogP contribution in [0.15, 0.2) is 6.07 Å². The van der Waals surface area contributed by atoms with Gasteiger partial charge in [0.2, 0.25) is 0 Å². The third-order valence-corrected chi connectivity index (χ3v) is 2.63. The standard InChI is InChI=1S/C13H22N4/c1-8(2)7-17(5)11-6-9(3)16-10(4)12(11)13(14)15/h6,8H,7H2,1-5H3,(H3,14,15). The highest BCUT2D eigenvalue weighted by Gasteiger charge is 2.15. The maximum absolute atomic E-state index is 7.67. The van der Waals surface area contributed by atoms with Crippen LogP contribution in [0.25, 0.3) is 0 Å². The van der Waals surface area contributed by atoms with Gasteiger partial charge in [0.05, 0.1) is 16.9 Å². The van der Waals surface area contributed by atoms with E-state index in [2.05, 4.69) is 23.7 Å². The van der Waals surface area contributed by atoms with Crippen molar-refractivity contribution in [3.05, 3.63) is 23.0 Å². The molecule has 0 amide bonds. The Morgan fingerprint density at radius 3 is 2.53 bits per heavy atom. The summed E-state index contributed by atoms with van der Waals surface area (Å²) in [4.78, 5) is 6.51. The number of nitrogen functional groups attached to an aromatic ring is 1. The predicted molar refractivity (Wildman–Crippen MR) is 72.8 cm³/mol. The topological polar surface area (TPSA) is 66.0 Å². The molecule has 0 aliphatic rings. The molecule has 17 heavy (non-hydrogen) atoms. The third kappa shape index (κ3) is 3.19. The minimum atomic E-state index is 0.0839. The van der Waals surface area contributed by atoms with Crippen molar-refractivity contribution in [2.45, 2.75) is 27.7 Å². The molecule has 4 heteroatoms. The molecule has 0 saturated heterocycles. The first-order valence-electron chi connectivity index (χ1n) is 5.86. The normalized spacial score (nSPS) is 10.7. The summed E-state index contributed by atoms with van der Waals surface area (Å²) in [5.74, 6) is 0.647. The number of nitrogens with one attached hydrogen (secondary N) is 1. The molecule has 1 rings (SSSR count). The zero-order valence-corrected chi connectivity index (χ0v) is 11.3. The Kier molecular flexibility index (Phi) is 4.10. The summed E-state index contributed by atoms with van der Waals surface area (Å²) in [6, 6.07) is 1.99. The van der Waals surface area contributed by atoms with Gasteiger partial charge in [0.25, 0.3) is 0 Å². The fraction of sp³-hybridized carbons (Fsp3) is 0.538. The monoisotopic (exact) mass is 234 g/mol. The van der Waals surface area contributed by atoms with Crippen molar-refractivity contribution >= 4 is 11.5 Å². The maximum atomic E-state index is 7.67. The lowest BCUT2D eigenvalue weighted by Crippen LogP contribution is -2.27. The fourth-order valence-electron chi connectivity index (χ4n) is 2.09. The van der Waals surface area contributed by atoms with E-state index < -0.39 is 0 Å². The molecule has 1 aromatic rings. The van der Waals surface area contributed by atoms with E-state index >= 15 is 0 Å². The Balaban J connectivity index is 3.25. The van der Waals surface area contributed by atoms with Crippen molar-refractivity contribution in [1.29, 1.82) is 5.41 Å². The molecule has 1 aromatic heterocycles. The lowest BCUT2D eigenvalue weighted by molar-refractivity contribution is 0.637. The minimum absolute atomic E-state index is 0.0839. The molecule has 0 radical (unpaired) electrons. The Morgan fingerprint density at radius 1 is 1.47 bits per heavy atom. The van der Waals surface area contributed by atoms with Crippen LogP contribution in [-0.2, 0) is 0 Å². The van der Waals surface area contributed by atoms with Gasteiger partial charge in [-0.25, -0.2) is 0 Å². The number of aryl methyl sites for hydroxylation is 2. The number of nitrogens with zero attached hydrogens (tertiary/aromatic N) is 2. The minimum Gasteiger partial charge on any atom is -0.384 e. The summed E-state index contributed by atoms with van der Waals surface area (Å²) in [6.45, 7) is 9.14. The van der Waals surface area contributed by atoms with E-state index in [9.17, 15) is 0 Å². The first kappa shape index (κ1) is 13.5. The van der Waals surface area contributed by atoms with Crippen LogP contribution in [0.1, 0.15) is 30.8 Å². The van der Waals surface area contributed by atoms with Gasteiger partial charge in [-0.1, -0.05) is 13.8 Å². The summed E-state index contributed by atoms with van der Waals surface area (Å²) in [7, 11) is 2.03. The number of aromatic nitrogens is 1. The molecule has 0 aliphatic heterocycles. The summed E-state index contributed by atoms with van der Waals surface area (Å²) < 4.78 is 0. The number of nitrogens with two attached hydrogens (primary N) is 1. The van der Waals surface area contributed by atoms with Gasteiger partial charge in [0, 0.05) is 19.3 Å². The van der Waals surface area contributed by atoms with Gasteiger partial charge in [-0.2, -0.15) is 0 Å². The smallest absolute Gasteiger partial charge is 0.126 e. The van der Waals surface area contributed by atoms with Crippen molar-refractivity contribution in [3.8, 4) is 0 Å². The Labute approximate surface area is 103 Å². The molecule has 3 N–H and O–H groups in total. The highest BCUT2D eigenvalue weighted by Crippen LogP contribution is 2.23. The second kappa shape index (κ2) is 5.17. The second-order valence-electron chi connectivity index (χ2n) is 4.93. The maximum Gasteiger partial charge on any atom is 0.126 e. The molecule has 0 saturated carbocycles. The Bertz CT molecular complexity index is 424. The van der Waals surface area contributed by atoms with E-state index in [1.165, 1.54) is 0 Å². The van der Waals surface area contributed by atoms with Gasteiger partial charge in [-0.05, 0) is 25.8 Å². The van der Waals surface area contributed by atoms with Crippen LogP contribution in [0.5, 0.6) is 0 Å². The van der Waals surface area contributed by atoms with E-state index in [1.54, 1.807) is 0 Å². The molecular formula is C13H22N4. The van der Waals surface area contributed by atoms with Gasteiger partial charge in [-0.15, -0.1) is 0 Å². The van der Waals surface area contributed by atoms with Gasteiger partial charge in [0.15, 0.2) is 0 Å². The molecule has 0 spiro atoms. The Morgan fingerprint density at radius 2 is 2.06 bits per heavy atom. The van der Waals surface area contributed by atoms with Crippen molar-refractivity contribution in [2.75, 3.05) is 18.5 Å². The summed E-state index contributed by atoms with van der Waals surface area (Å²) in [6.07, 6.45) is 0. The van der Waals surface area contributed by atoms with Crippen molar-refractivity contribution in [2.24, 2.45) is 11.7 Å². The van der Waals surface area contributed by atoms with E-state index in [0.717, 1.165) is 29.2 Å². The highest BCUT2D eigenvalue weighted by molar-refractivity contribution is 6.01. The van der Waals surface area contributed by atoms with E-state index in [0.29, 0.717) is 5.92 Å². The Hall–Kier alpha value is -1.58. The lowest BCUT2D eigenvalue weighted by atomic mass is 10.1. The largest absolute Gasteiger partial charge is 0.384 e. The average molecular weight is 234 g/mol. The summed E-state index contributed by atoms with van der Waals surface area (Å²) in [5.41, 5.74) is 9.17. The van der Waals surface area contributed by atoms with Gasteiger partial charge in [-0.3, -0.25) is 10.4 Å². The van der Waals surface area contributed by atoms with Gasteiger partial charge in [0.1, 0.15) is 5.84 Å². The van der Waals surface area contributed by atoms with Crippen LogP contribution < -0.4 is 10.6 Å². The molecule has 0 atom stereocenters. The zero-order valence-electron chi connectivity index (χ0n) is 11.3. The van der Waals surface area contributed by atoms with Crippen LogP contribution >= 0.6 is 0 Å². The van der Waals surface area contributed by atoms with Crippen LogP contribution in [0, 0.1) is 25.2 Å². The molecule has 0 aliphatic carbocycles. The molecule has 94 valence electrons.